The van der Waals surface area contributed by atoms with Crippen molar-refractivity contribution in [3.63, 3.8) is 0 Å². The van der Waals surface area contributed by atoms with E-state index in [0.717, 1.165) is 18.7 Å². The van der Waals surface area contributed by atoms with Crippen LogP contribution in [0.25, 0.3) is 0 Å². The van der Waals surface area contributed by atoms with Crippen LogP contribution in [0.4, 0.5) is 10.5 Å². The Balaban J connectivity index is 2.48. The highest BCUT2D eigenvalue weighted by atomic mass is 16.2. The number of nitrogens with one attached hydrogen (secondary N) is 2. The van der Waals surface area contributed by atoms with Crippen molar-refractivity contribution >= 4 is 11.7 Å². The lowest BCUT2D eigenvalue weighted by molar-refractivity contribution is 0.259. The summed E-state index contributed by atoms with van der Waals surface area (Å²) in [6.07, 6.45) is 1.11. The van der Waals surface area contributed by atoms with Crippen molar-refractivity contribution in [2.75, 3.05) is 5.32 Å². The molecule has 0 aliphatic carbocycles. The fraction of sp³-hybridized carbons (Fsp3) is 0.417. The molecule has 16 heavy (non-hydrogen) atoms. The molecule has 0 spiro atoms. The van der Waals surface area contributed by atoms with Gasteiger partial charge in [0.2, 0.25) is 0 Å². The van der Waals surface area contributed by atoms with Crippen LogP contribution in [0.2, 0.25) is 0 Å². The first-order valence-electron chi connectivity index (χ1n) is 5.50. The smallest absolute Gasteiger partial charge is 0.316 e. The van der Waals surface area contributed by atoms with Crippen LogP contribution in [-0.2, 0) is 6.54 Å². The molecule has 1 rings (SSSR count). The average molecular weight is 221 g/mol. The summed E-state index contributed by atoms with van der Waals surface area (Å²) in [5.74, 6) is 0. The summed E-state index contributed by atoms with van der Waals surface area (Å²) < 4.78 is 0. The molecule has 0 saturated carbocycles. The number of nitrogens with two attached hydrogens (primary N) is 1. The van der Waals surface area contributed by atoms with Gasteiger partial charge in [-0.15, -0.1) is 0 Å². The van der Waals surface area contributed by atoms with E-state index in [-0.39, 0.29) is 0 Å². The highest BCUT2D eigenvalue weighted by Gasteiger charge is 1.99. The van der Waals surface area contributed by atoms with Crippen LogP contribution in [0.5, 0.6) is 0 Å². The Morgan fingerprint density at radius 1 is 1.38 bits per heavy atom. The van der Waals surface area contributed by atoms with Crippen molar-refractivity contribution in [1.82, 2.24) is 5.32 Å². The summed E-state index contributed by atoms with van der Waals surface area (Å²) in [5, 5.41) is 5.92. The molecule has 0 bridgehead atoms. The van der Waals surface area contributed by atoms with E-state index in [1.165, 1.54) is 5.56 Å². The molecule has 0 aliphatic heterocycles. The van der Waals surface area contributed by atoms with Gasteiger partial charge >= 0.3 is 6.03 Å². The Morgan fingerprint density at radius 3 is 2.50 bits per heavy atom. The van der Waals surface area contributed by atoms with Crippen molar-refractivity contribution in [2.45, 2.75) is 32.9 Å². The molecule has 1 atom stereocenters. The number of benzene rings is 1. The molecule has 4 N–H and O–H groups in total. The molecule has 1 unspecified atom stereocenters. The number of primary amides is 1. The van der Waals surface area contributed by atoms with Gasteiger partial charge in [-0.1, -0.05) is 19.1 Å². The second kappa shape index (κ2) is 6.12. The molecule has 1 aromatic rings. The minimum Gasteiger partial charge on any atom is -0.351 e. The Morgan fingerprint density at radius 2 is 2.00 bits per heavy atom. The van der Waals surface area contributed by atoms with Gasteiger partial charge in [-0.25, -0.2) is 4.79 Å². The van der Waals surface area contributed by atoms with Crippen LogP contribution in [0.15, 0.2) is 24.3 Å². The predicted molar refractivity (Wildman–Crippen MR) is 66.2 cm³/mol. The quantitative estimate of drug-likeness (QED) is 0.712. The molecule has 0 aliphatic rings. The van der Waals surface area contributed by atoms with Gasteiger partial charge in [0.1, 0.15) is 0 Å². The van der Waals surface area contributed by atoms with Crippen molar-refractivity contribution in [3.05, 3.63) is 29.8 Å². The summed E-state index contributed by atoms with van der Waals surface area (Å²) in [6.45, 7) is 5.15. The van der Waals surface area contributed by atoms with Crippen molar-refractivity contribution in [2.24, 2.45) is 5.73 Å². The first-order chi connectivity index (χ1) is 7.61. The molecule has 4 heteroatoms. The number of rotatable bonds is 5. The fourth-order valence-electron chi connectivity index (χ4n) is 1.28. The van der Waals surface area contributed by atoms with Crippen LogP contribution in [0, 0.1) is 0 Å². The SMILES string of the molecule is CCC(C)NCc1ccc(NC(N)=O)cc1. The van der Waals surface area contributed by atoms with E-state index >= 15 is 0 Å². The number of hydrogen-bond donors (Lipinski definition) is 3. The van der Waals surface area contributed by atoms with Crippen LogP contribution < -0.4 is 16.4 Å². The van der Waals surface area contributed by atoms with Gasteiger partial charge in [0.25, 0.3) is 0 Å². The Labute approximate surface area is 96.2 Å². The van der Waals surface area contributed by atoms with Gasteiger partial charge < -0.3 is 16.4 Å². The van der Waals surface area contributed by atoms with Gasteiger partial charge in [-0.3, -0.25) is 0 Å². The first kappa shape index (κ1) is 12.5. The molecule has 0 heterocycles. The van der Waals surface area contributed by atoms with Gasteiger partial charge in [0, 0.05) is 18.3 Å². The van der Waals surface area contributed by atoms with Gasteiger partial charge in [0.05, 0.1) is 0 Å². The van der Waals surface area contributed by atoms with E-state index in [9.17, 15) is 4.79 Å². The minimum atomic E-state index is -0.537. The number of hydrogen-bond acceptors (Lipinski definition) is 2. The third-order valence-corrected chi connectivity index (χ3v) is 2.49. The largest absolute Gasteiger partial charge is 0.351 e. The summed E-state index contributed by atoms with van der Waals surface area (Å²) in [5.41, 5.74) is 6.93. The molecule has 0 saturated heterocycles. The van der Waals surface area contributed by atoms with E-state index in [0.29, 0.717) is 6.04 Å². The average Bonchev–Trinajstić information content (AvgIpc) is 2.27. The topological polar surface area (TPSA) is 67.2 Å². The number of urea groups is 1. The van der Waals surface area contributed by atoms with E-state index in [4.69, 9.17) is 5.73 Å². The molecular formula is C12H19N3O. The molecule has 1 aromatic carbocycles. The van der Waals surface area contributed by atoms with Crippen LogP contribution in [0.1, 0.15) is 25.8 Å². The van der Waals surface area contributed by atoms with Crippen LogP contribution in [-0.4, -0.2) is 12.1 Å². The zero-order valence-corrected chi connectivity index (χ0v) is 9.79. The normalized spacial score (nSPS) is 12.1. The first-order valence-corrected chi connectivity index (χ1v) is 5.50. The lowest BCUT2D eigenvalue weighted by Crippen LogP contribution is -2.24. The van der Waals surface area contributed by atoms with Crippen molar-refractivity contribution in [1.29, 1.82) is 0 Å². The molecule has 88 valence electrons. The lowest BCUT2D eigenvalue weighted by Gasteiger charge is -2.11. The molecular weight excluding hydrogens is 202 g/mol. The van der Waals surface area contributed by atoms with Crippen molar-refractivity contribution < 1.29 is 4.79 Å². The zero-order chi connectivity index (χ0) is 12.0. The highest BCUT2D eigenvalue weighted by Crippen LogP contribution is 2.09. The standard InChI is InChI=1S/C12H19N3O/c1-3-9(2)14-8-10-4-6-11(7-5-10)15-12(13)16/h4-7,9,14H,3,8H2,1-2H3,(H3,13,15,16). The van der Waals surface area contributed by atoms with Gasteiger partial charge in [-0.05, 0) is 31.0 Å². The molecule has 4 nitrogen and oxygen atoms in total. The monoisotopic (exact) mass is 221 g/mol. The predicted octanol–water partition coefficient (Wildman–Crippen LogP) is 2.07. The summed E-state index contributed by atoms with van der Waals surface area (Å²) >= 11 is 0. The molecule has 0 aromatic heterocycles. The maximum Gasteiger partial charge on any atom is 0.316 e. The third-order valence-electron chi connectivity index (χ3n) is 2.49. The Bertz CT molecular complexity index is 335. The summed E-state index contributed by atoms with van der Waals surface area (Å²) in [6, 6.07) is 7.62. The van der Waals surface area contributed by atoms with Crippen molar-refractivity contribution in [3.8, 4) is 0 Å². The van der Waals surface area contributed by atoms with E-state index < -0.39 is 6.03 Å². The number of anilines is 1. The second-order valence-corrected chi connectivity index (χ2v) is 3.88. The van der Waals surface area contributed by atoms with Crippen LogP contribution >= 0.6 is 0 Å². The Hall–Kier alpha value is -1.55. The molecule has 0 fully saturated rings. The minimum absolute atomic E-state index is 0.517. The van der Waals surface area contributed by atoms with Crippen LogP contribution in [0.3, 0.4) is 0 Å². The summed E-state index contributed by atoms with van der Waals surface area (Å²) in [7, 11) is 0. The molecule has 2 amide bonds. The Kier molecular flexibility index (Phi) is 4.79. The molecule has 0 radical (unpaired) electrons. The number of amides is 2. The number of carbonyl (C=O) groups is 1. The summed E-state index contributed by atoms with van der Waals surface area (Å²) in [4.78, 5) is 10.6. The fourth-order valence-corrected chi connectivity index (χ4v) is 1.28. The highest BCUT2D eigenvalue weighted by molar-refractivity contribution is 5.87. The second-order valence-electron chi connectivity index (χ2n) is 3.88. The van der Waals surface area contributed by atoms with E-state index in [1.807, 2.05) is 24.3 Å². The zero-order valence-electron chi connectivity index (χ0n) is 9.79. The third kappa shape index (κ3) is 4.31. The maximum atomic E-state index is 10.6. The maximum absolute atomic E-state index is 10.6. The van der Waals surface area contributed by atoms with E-state index in [2.05, 4.69) is 24.5 Å². The lowest BCUT2D eigenvalue weighted by atomic mass is 10.2. The van der Waals surface area contributed by atoms with Gasteiger partial charge in [0.15, 0.2) is 0 Å². The number of carbonyl (C=O) groups excluding carboxylic acids is 1. The van der Waals surface area contributed by atoms with Gasteiger partial charge in [-0.2, -0.15) is 0 Å². The van der Waals surface area contributed by atoms with E-state index in [1.54, 1.807) is 0 Å².